The maximum Gasteiger partial charge on any atom is 0.338 e. The van der Waals surface area contributed by atoms with Crippen LogP contribution in [0.5, 0.6) is 0 Å². The number of nitrogens with one attached hydrogen (secondary N) is 1. The summed E-state index contributed by atoms with van der Waals surface area (Å²) < 4.78 is 24.5. The van der Waals surface area contributed by atoms with Gasteiger partial charge in [0.15, 0.2) is 17.5 Å². The Morgan fingerprint density at radius 3 is 2.35 bits per heavy atom. The Balaban J connectivity index is 1.42. The third kappa shape index (κ3) is 7.19. The van der Waals surface area contributed by atoms with E-state index in [-0.39, 0.29) is 36.2 Å². The first kappa shape index (κ1) is 43.4. The molecule has 2 saturated carbocycles. The molecule has 2 aliphatic heterocycles. The Morgan fingerprint density at radius 2 is 1.67 bits per heavy atom. The lowest BCUT2D eigenvalue weighted by Crippen LogP contribution is -2.81. The van der Waals surface area contributed by atoms with Crippen LogP contribution < -0.4 is 5.32 Å². The van der Waals surface area contributed by atoms with Crippen LogP contribution in [0.15, 0.2) is 77.9 Å². The van der Waals surface area contributed by atoms with Crippen molar-refractivity contribution in [1.82, 2.24) is 5.32 Å². The van der Waals surface area contributed by atoms with Crippen molar-refractivity contribution >= 4 is 29.6 Å². The van der Waals surface area contributed by atoms with E-state index in [4.69, 9.17) is 18.9 Å². The van der Waals surface area contributed by atoms with Gasteiger partial charge >= 0.3 is 17.9 Å². The molecule has 1 amide bonds. The summed E-state index contributed by atoms with van der Waals surface area (Å²) in [7, 11) is 0. The highest BCUT2D eigenvalue weighted by atomic mass is 16.6. The molecule has 7 rings (SSSR count). The quantitative estimate of drug-likeness (QED) is 0.167. The first-order valence-corrected chi connectivity index (χ1v) is 20.7. The van der Waals surface area contributed by atoms with Crippen molar-refractivity contribution in [1.29, 1.82) is 0 Å². The Bertz CT molecular complexity index is 2100. The monoisotopic (exact) mass is 829 g/mol. The molecule has 2 aromatic carbocycles. The molecule has 1 unspecified atom stereocenters. The van der Waals surface area contributed by atoms with Gasteiger partial charge in [0, 0.05) is 31.6 Å². The Labute approximate surface area is 348 Å². The molecule has 5 aliphatic rings. The van der Waals surface area contributed by atoms with E-state index in [2.05, 4.69) is 5.32 Å². The Morgan fingerprint density at radius 1 is 0.933 bits per heavy atom. The standard InChI is InChI=1S/C46H55NO13/c1-25-30-23-46(56)40(38-44(5,39(53)36(51)34(25)43(46,3)4)31(49)22-32-45(38,24-57-32)60-26(2)48)59-41(54)29-19-14-16-27(21-29)15-10-7-6-8-13-20-33(50)47-35(37(52)42(55)58-30)28-17-11-9-12-18-28/h7,9-12,14,16-19,21,30-32,35-38,40,49,51-52,56H,6,8,13,15,20,22-24H2,1-5H3,(H,47,50)/b10-7+/t30-,31-,32+,35-,36+,37+,38?,40-,44+,45-,46+/m0/s1. The summed E-state index contributed by atoms with van der Waals surface area (Å²) in [5, 5.41) is 52.2. The summed E-state index contributed by atoms with van der Waals surface area (Å²) in [6.07, 6.45) is -3.92. The number of hydrogen-bond donors (Lipinski definition) is 5. The second-order valence-electron chi connectivity index (χ2n) is 17.8. The molecule has 60 heavy (non-hydrogen) atoms. The third-order valence-electron chi connectivity index (χ3n) is 13.9. The number of esters is 3. The average Bonchev–Trinajstić information content (AvgIpc) is 3.20. The molecule has 0 spiro atoms. The molecular formula is C46H55NO13. The fourth-order valence-electron chi connectivity index (χ4n) is 10.5. The molecule has 14 heteroatoms. The maximum absolute atomic E-state index is 15.1. The number of carbonyl (C=O) groups excluding carboxylic acids is 5. The minimum atomic E-state index is -2.34. The van der Waals surface area contributed by atoms with Gasteiger partial charge < -0.3 is 44.7 Å². The predicted octanol–water partition coefficient (Wildman–Crippen LogP) is 3.52. The molecule has 5 N–H and O–H groups in total. The molecule has 2 heterocycles. The van der Waals surface area contributed by atoms with Gasteiger partial charge in [-0.05, 0) is 73.9 Å². The van der Waals surface area contributed by atoms with E-state index in [0.29, 0.717) is 31.2 Å². The fraction of sp³-hybridized carbons (Fsp3) is 0.543. The van der Waals surface area contributed by atoms with Crippen molar-refractivity contribution < 1.29 is 63.3 Å². The van der Waals surface area contributed by atoms with E-state index < -0.39 is 107 Å². The van der Waals surface area contributed by atoms with Gasteiger partial charge in [-0.2, -0.15) is 0 Å². The van der Waals surface area contributed by atoms with Crippen molar-refractivity contribution in [3.8, 4) is 0 Å². The number of fused-ring (bicyclic) bond motifs is 8. The van der Waals surface area contributed by atoms with Crippen LogP contribution in [0, 0.1) is 16.7 Å². The number of carbonyl (C=O) groups is 5. The van der Waals surface area contributed by atoms with Gasteiger partial charge in [-0.15, -0.1) is 0 Å². The van der Waals surface area contributed by atoms with Crippen molar-refractivity contribution in [2.45, 2.75) is 133 Å². The summed E-state index contributed by atoms with van der Waals surface area (Å²) in [5.41, 5.74) is -6.22. The molecule has 3 fully saturated rings. The molecule has 5 bridgehead atoms. The maximum atomic E-state index is 15.1. The van der Waals surface area contributed by atoms with E-state index in [1.54, 1.807) is 62.4 Å². The van der Waals surface area contributed by atoms with E-state index in [0.717, 1.165) is 5.56 Å². The minimum Gasteiger partial charge on any atom is -0.456 e. The van der Waals surface area contributed by atoms with E-state index >= 15 is 4.79 Å². The van der Waals surface area contributed by atoms with Crippen LogP contribution in [0.1, 0.15) is 101 Å². The molecule has 0 radical (unpaired) electrons. The SMILES string of the molecule is CC(=O)O[C@@]12CO[C@@H]1C[C@H](O)[C@@]1(C)C(=O)[C@H](O)C3=C(C)[C@@H]4C[C@@](O)([C@@H](OC(=O)c5cccc(c5)C/C=C/CCCCC(=O)N[C@@H](c5ccccc5)[C@@H](O)C(=O)O4)C12)C3(C)C. The molecule has 3 aliphatic carbocycles. The minimum absolute atomic E-state index is 0.0360. The zero-order valence-electron chi connectivity index (χ0n) is 34.6. The number of amides is 1. The third-order valence-corrected chi connectivity index (χ3v) is 13.9. The number of allylic oxidation sites excluding steroid dienone is 2. The van der Waals surface area contributed by atoms with Gasteiger partial charge in [0.1, 0.15) is 30.0 Å². The molecule has 0 aromatic heterocycles. The zero-order valence-corrected chi connectivity index (χ0v) is 34.6. The van der Waals surface area contributed by atoms with Gasteiger partial charge in [0.25, 0.3) is 0 Å². The van der Waals surface area contributed by atoms with Crippen molar-refractivity contribution in [2.24, 2.45) is 16.7 Å². The largest absolute Gasteiger partial charge is 0.456 e. The van der Waals surface area contributed by atoms with Crippen LogP contribution in [0.4, 0.5) is 0 Å². The predicted molar refractivity (Wildman–Crippen MR) is 214 cm³/mol. The number of Topliss-reactive ketones (excluding diaryl/α,β-unsaturated/α-hetero) is 1. The topological polar surface area (TPSA) is 215 Å². The molecule has 322 valence electrons. The van der Waals surface area contributed by atoms with Gasteiger partial charge in [-0.25, -0.2) is 9.59 Å². The molecule has 1 saturated heterocycles. The lowest BCUT2D eigenvalue weighted by Gasteiger charge is -2.67. The summed E-state index contributed by atoms with van der Waals surface area (Å²) in [6.45, 7) is 6.99. The number of rotatable bonds is 2. The summed E-state index contributed by atoms with van der Waals surface area (Å²) in [4.78, 5) is 70.0. The Hall–Kier alpha value is -4.73. The number of aliphatic hydroxyl groups is 4. The van der Waals surface area contributed by atoms with Gasteiger partial charge in [0.2, 0.25) is 5.91 Å². The fourth-order valence-corrected chi connectivity index (χ4v) is 10.5. The van der Waals surface area contributed by atoms with Gasteiger partial charge in [-0.1, -0.05) is 68.5 Å². The second-order valence-corrected chi connectivity index (χ2v) is 17.8. The average molecular weight is 830 g/mol. The Kier molecular flexibility index (Phi) is 11.8. The van der Waals surface area contributed by atoms with E-state index in [1.165, 1.54) is 20.8 Å². The van der Waals surface area contributed by atoms with Crippen LogP contribution in [0.3, 0.4) is 0 Å². The van der Waals surface area contributed by atoms with Crippen molar-refractivity contribution in [3.05, 3.63) is 94.6 Å². The van der Waals surface area contributed by atoms with Crippen LogP contribution in [-0.4, -0.2) is 104 Å². The zero-order chi connectivity index (χ0) is 43.4. The van der Waals surface area contributed by atoms with Gasteiger partial charge in [-0.3, -0.25) is 14.4 Å². The molecule has 11 atom stereocenters. The lowest BCUT2D eigenvalue weighted by molar-refractivity contribution is -0.346. The van der Waals surface area contributed by atoms with Crippen LogP contribution in [0.2, 0.25) is 0 Å². The first-order valence-electron chi connectivity index (χ1n) is 20.7. The van der Waals surface area contributed by atoms with Crippen LogP contribution in [-0.2, 0) is 44.5 Å². The number of ether oxygens (including phenoxy) is 4. The van der Waals surface area contributed by atoms with E-state index in [9.17, 15) is 39.6 Å². The number of hydrogen-bond acceptors (Lipinski definition) is 13. The van der Waals surface area contributed by atoms with Gasteiger partial charge in [0.05, 0.1) is 35.6 Å². The summed E-state index contributed by atoms with van der Waals surface area (Å²) >= 11 is 0. The van der Waals surface area contributed by atoms with Crippen molar-refractivity contribution in [3.63, 3.8) is 0 Å². The van der Waals surface area contributed by atoms with Crippen LogP contribution >= 0.6 is 0 Å². The first-order chi connectivity index (χ1) is 28.4. The van der Waals surface area contributed by atoms with Crippen LogP contribution in [0.25, 0.3) is 0 Å². The second kappa shape index (κ2) is 16.3. The highest BCUT2D eigenvalue weighted by Crippen LogP contribution is 2.64. The smallest absolute Gasteiger partial charge is 0.338 e. The normalized spacial score (nSPS) is 37.8. The highest BCUT2D eigenvalue weighted by molar-refractivity contribution is 5.94. The number of aliphatic hydroxyl groups excluding tert-OH is 3. The molecule has 14 nitrogen and oxygen atoms in total. The number of ketones is 1. The van der Waals surface area contributed by atoms with E-state index in [1.807, 2.05) is 18.2 Å². The number of benzene rings is 2. The molecule has 2 aromatic rings. The lowest BCUT2D eigenvalue weighted by atomic mass is 9.44. The van der Waals surface area contributed by atoms with Crippen molar-refractivity contribution in [2.75, 3.05) is 6.61 Å². The molecular weight excluding hydrogens is 774 g/mol. The summed E-state index contributed by atoms with van der Waals surface area (Å²) in [6, 6.07) is 13.9. The summed E-state index contributed by atoms with van der Waals surface area (Å²) in [5.74, 6) is -5.61. The highest BCUT2D eigenvalue weighted by Gasteiger charge is 2.78.